The molecule has 0 amide bonds. The van der Waals surface area contributed by atoms with Gasteiger partial charge in [0, 0.05) is 28.1 Å². The lowest BCUT2D eigenvalue weighted by Gasteiger charge is -2.13. The maximum Gasteiger partial charge on any atom is 0.232 e. The summed E-state index contributed by atoms with van der Waals surface area (Å²) in [5.74, 6) is 1.42. The SMILES string of the molecule is C.CCN(CC)CC.Nc1ccccc1.O=S(=O)(CCCCCl)Cc1ccccc1.O=S(=O)(Cl)CCCCCl. The van der Waals surface area contributed by atoms with Crippen LogP contribution in [0.5, 0.6) is 0 Å². The molecule has 0 aromatic heterocycles. The predicted molar refractivity (Wildman–Crippen MR) is 175 cm³/mol. The molecule has 2 aromatic rings. The molecular formula is C28H49Cl3N2O4S2. The molecule has 0 saturated carbocycles. The first-order valence-electron chi connectivity index (χ1n) is 12.8. The Labute approximate surface area is 253 Å². The third-order valence-corrected chi connectivity index (χ3v) is 8.44. The van der Waals surface area contributed by atoms with Crippen molar-refractivity contribution in [2.75, 3.05) is 48.6 Å². The Morgan fingerprint density at radius 3 is 1.41 bits per heavy atom. The van der Waals surface area contributed by atoms with Crippen LogP contribution in [0.1, 0.15) is 59.4 Å². The maximum absolute atomic E-state index is 11.6. The van der Waals surface area contributed by atoms with Gasteiger partial charge in [-0.25, -0.2) is 16.8 Å². The summed E-state index contributed by atoms with van der Waals surface area (Å²) in [4.78, 5) is 2.38. The van der Waals surface area contributed by atoms with Crippen LogP contribution in [-0.4, -0.2) is 64.6 Å². The molecule has 0 spiro atoms. The molecule has 2 rings (SSSR count). The lowest BCUT2D eigenvalue weighted by Crippen LogP contribution is -2.21. The minimum Gasteiger partial charge on any atom is -0.399 e. The Morgan fingerprint density at radius 2 is 1.10 bits per heavy atom. The summed E-state index contributed by atoms with van der Waals surface area (Å²) >= 11 is 10.8. The summed E-state index contributed by atoms with van der Waals surface area (Å²) in [6.45, 7) is 10.1. The topological polar surface area (TPSA) is 97.5 Å². The minimum atomic E-state index is -3.28. The number of halogens is 3. The van der Waals surface area contributed by atoms with Gasteiger partial charge in [0.2, 0.25) is 9.05 Å². The van der Waals surface area contributed by atoms with Gasteiger partial charge in [-0.05, 0) is 63.0 Å². The number of sulfone groups is 1. The number of benzene rings is 2. The van der Waals surface area contributed by atoms with Crippen LogP contribution >= 0.6 is 33.9 Å². The molecule has 0 atom stereocenters. The Morgan fingerprint density at radius 1 is 0.692 bits per heavy atom. The van der Waals surface area contributed by atoms with Crippen molar-refractivity contribution in [1.29, 1.82) is 0 Å². The molecule has 2 aromatic carbocycles. The predicted octanol–water partition coefficient (Wildman–Crippen LogP) is 7.45. The number of nitrogens with zero attached hydrogens (tertiary/aromatic N) is 1. The van der Waals surface area contributed by atoms with E-state index in [9.17, 15) is 16.8 Å². The number of rotatable bonds is 13. The largest absolute Gasteiger partial charge is 0.399 e. The number of hydrogen-bond donors (Lipinski definition) is 1. The molecule has 6 nitrogen and oxygen atoms in total. The number of nitrogen functional groups attached to an aromatic ring is 1. The van der Waals surface area contributed by atoms with Crippen molar-refractivity contribution in [1.82, 2.24) is 4.90 Å². The monoisotopic (exact) mass is 646 g/mol. The van der Waals surface area contributed by atoms with Crippen LogP contribution in [0.4, 0.5) is 5.69 Å². The maximum atomic E-state index is 11.6. The number of anilines is 1. The van der Waals surface area contributed by atoms with E-state index in [-0.39, 0.29) is 24.7 Å². The van der Waals surface area contributed by atoms with E-state index in [0.717, 1.165) is 17.7 Å². The molecule has 0 radical (unpaired) electrons. The van der Waals surface area contributed by atoms with Gasteiger partial charge in [0.05, 0.1) is 17.3 Å². The molecule has 0 aliphatic carbocycles. The Kier molecular flexibility index (Phi) is 29.5. The molecule has 0 aliphatic rings. The van der Waals surface area contributed by atoms with E-state index in [1.807, 2.05) is 60.7 Å². The third kappa shape index (κ3) is 31.4. The van der Waals surface area contributed by atoms with Crippen LogP contribution in [-0.2, 0) is 24.6 Å². The number of alkyl halides is 2. The van der Waals surface area contributed by atoms with E-state index in [4.69, 9.17) is 39.6 Å². The highest BCUT2D eigenvalue weighted by Crippen LogP contribution is 2.08. The number of para-hydroxylation sites is 1. The fourth-order valence-electron chi connectivity index (χ4n) is 2.81. The highest BCUT2D eigenvalue weighted by Gasteiger charge is 2.10. The molecular weight excluding hydrogens is 599 g/mol. The smallest absolute Gasteiger partial charge is 0.232 e. The average Bonchev–Trinajstić information content (AvgIpc) is 2.87. The van der Waals surface area contributed by atoms with Crippen LogP contribution in [0, 0.1) is 0 Å². The van der Waals surface area contributed by atoms with Gasteiger partial charge in [-0.3, -0.25) is 0 Å². The van der Waals surface area contributed by atoms with E-state index >= 15 is 0 Å². The molecule has 0 heterocycles. The molecule has 11 heteroatoms. The summed E-state index contributed by atoms with van der Waals surface area (Å²) in [5.41, 5.74) is 7.03. The van der Waals surface area contributed by atoms with Crippen molar-refractivity contribution < 1.29 is 16.8 Å². The zero-order valence-corrected chi connectivity index (χ0v) is 26.8. The van der Waals surface area contributed by atoms with Crippen LogP contribution in [0.2, 0.25) is 0 Å². The van der Waals surface area contributed by atoms with Crippen molar-refractivity contribution in [2.24, 2.45) is 0 Å². The summed E-state index contributed by atoms with van der Waals surface area (Å²) in [7, 11) is -1.35. The van der Waals surface area contributed by atoms with Gasteiger partial charge in [0.25, 0.3) is 0 Å². The fourth-order valence-corrected chi connectivity index (χ4v) is 5.55. The van der Waals surface area contributed by atoms with Gasteiger partial charge in [-0.1, -0.05) is 76.7 Å². The summed E-state index contributed by atoms with van der Waals surface area (Å²) in [6.07, 6.45) is 2.66. The average molecular weight is 648 g/mol. The second-order valence-corrected chi connectivity index (χ2v) is 14.0. The first-order valence-corrected chi connectivity index (χ1v) is 18.1. The molecule has 228 valence electrons. The fraction of sp³-hybridized carbons (Fsp3) is 0.571. The Balaban J connectivity index is -0.000000467. The molecule has 0 unspecified atom stereocenters. The second-order valence-electron chi connectivity index (χ2n) is 8.14. The summed E-state index contributed by atoms with van der Waals surface area (Å²) in [5, 5.41) is 0. The van der Waals surface area contributed by atoms with Crippen LogP contribution in [0.25, 0.3) is 0 Å². The number of hydrogen-bond acceptors (Lipinski definition) is 6. The first-order chi connectivity index (χ1) is 17.9. The highest BCUT2D eigenvalue weighted by molar-refractivity contribution is 8.13. The van der Waals surface area contributed by atoms with Gasteiger partial charge in [0.1, 0.15) is 0 Å². The number of unbranched alkanes of at least 4 members (excludes halogenated alkanes) is 2. The minimum absolute atomic E-state index is 0. The summed E-state index contributed by atoms with van der Waals surface area (Å²) in [6, 6.07) is 18.7. The second kappa shape index (κ2) is 27.2. The van der Waals surface area contributed by atoms with Crippen LogP contribution in [0.3, 0.4) is 0 Å². The molecule has 0 saturated heterocycles. The van der Waals surface area contributed by atoms with Crippen molar-refractivity contribution in [2.45, 2.75) is 59.6 Å². The standard InChI is InChI=1S/C11H15ClO2S.C6H7N.C6H15N.C4H8Cl2O2S.CH4/c12-8-4-5-9-15(13,14)10-11-6-2-1-3-7-11;7-6-4-2-1-3-5-6;1-4-7(5-2)6-3;5-3-1-2-4-9(6,7)8;/h1-3,6-7H,4-5,8-10H2;1-5H,7H2;4-6H2,1-3H3;1-4H2;1H4. The van der Waals surface area contributed by atoms with Gasteiger partial charge in [0.15, 0.2) is 9.84 Å². The van der Waals surface area contributed by atoms with E-state index < -0.39 is 18.9 Å². The van der Waals surface area contributed by atoms with Crippen molar-refractivity contribution in [3.63, 3.8) is 0 Å². The van der Waals surface area contributed by atoms with Gasteiger partial charge < -0.3 is 10.6 Å². The van der Waals surface area contributed by atoms with Crippen LogP contribution in [0.15, 0.2) is 60.7 Å². The zero-order valence-electron chi connectivity index (χ0n) is 22.9. The lowest BCUT2D eigenvalue weighted by molar-refractivity contribution is 0.321. The third-order valence-electron chi connectivity index (χ3n) is 4.98. The van der Waals surface area contributed by atoms with Gasteiger partial charge >= 0.3 is 0 Å². The van der Waals surface area contributed by atoms with E-state index in [1.165, 1.54) is 19.6 Å². The molecule has 39 heavy (non-hydrogen) atoms. The first kappa shape index (κ1) is 42.4. The van der Waals surface area contributed by atoms with Crippen molar-refractivity contribution >= 4 is 58.5 Å². The van der Waals surface area contributed by atoms with Crippen molar-refractivity contribution in [3.05, 3.63) is 66.2 Å². The van der Waals surface area contributed by atoms with E-state index in [0.29, 0.717) is 31.0 Å². The summed E-state index contributed by atoms with van der Waals surface area (Å²) < 4.78 is 43.7. The molecule has 2 N–H and O–H groups in total. The molecule has 0 bridgehead atoms. The van der Waals surface area contributed by atoms with Crippen LogP contribution < -0.4 is 5.73 Å². The van der Waals surface area contributed by atoms with E-state index in [2.05, 4.69) is 25.7 Å². The quantitative estimate of drug-likeness (QED) is 0.105. The van der Waals surface area contributed by atoms with E-state index in [1.54, 1.807) is 0 Å². The lowest BCUT2D eigenvalue weighted by atomic mass is 10.2. The van der Waals surface area contributed by atoms with Crippen molar-refractivity contribution in [3.8, 4) is 0 Å². The molecule has 0 fully saturated rings. The molecule has 0 aliphatic heterocycles. The number of nitrogens with two attached hydrogens (primary N) is 1. The normalized spacial score (nSPS) is 10.5. The zero-order chi connectivity index (χ0) is 29.3. The van der Waals surface area contributed by atoms with Gasteiger partial charge in [-0.2, -0.15) is 0 Å². The Hall–Kier alpha value is -1.03. The van der Waals surface area contributed by atoms with Gasteiger partial charge in [-0.15, -0.1) is 23.2 Å². The highest BCUT2D eigenvalue weighted by atomic mass is 35.7. The Bertz CT molecular complexity index is 986.